The number of nitrogens with zero attached hydrogens (tertiary/aromatic N) is 1. The zero-order valence-electron chi connectivity index (χ0n) is 8.38. The summed E-state index contributed by atoms with van der Waals surface area (Å²) in [5.74, 6) is -2.89. The lowest BCUT2D eigenvalue weighted by molar-refractivity contribution is -0.178. The summed E-state index contributed by atoms with van der Waals surface area (Å²) in [5.41, 5.74) is 5.01. The SMILES string of the molecule is NCC(CN1CC(=O)NC(=O)C1)C(F)(F)F. The summed E-state index contributed by atoms with van der Waals surface area (Å²) < 4.78 is 37.1. The number of carbonyl (C=O) groups is 2. The van der Waals surface area contributed by atoms with E-state index in [9.17, 15) is 22.8 Å². The van der Waals surface area contributed by atoms with Crippen LogP contribution < -0.4 is 11.1 Å². The molecule has 92 valence electrons. The maximum atomic E-state index is 12.4. The van der Waals surface area contributed by atoms with Crippen molar-refractivity contribution in [3.05, 3.63) is 0 Å². The van der Waals surface area contributed by atoms with E-state index in [1.165, 1.54) is 0 Å². The monoisotopic (exact) mass is 239 g/mol. The molecule has 2 amide bonds. The van der Waals surface area contributed by atoms with Crippen LogP contribution in [0.1, 0.15) is 0 Å². The smallest absolute Gasteiger partial charge is 0.330 e. The van der Waals surface area contributed by atoms with Crippen molar-refractivity contribution in [1.82, 2.24) is 10.2 Å². The second-order valence-corrected chi connectivity index (χ2v) is 3.62. The molecule has 0 radical (unpaired) electrons. The Morgan fingerprint density at radius 3 is 2.19 bits per heavy atom. The maximum absolute atomic E-state index is 12.4. The third-order valence-corrected chi connectivity index (χ3v) is 2.24. The van der Waals surface area contributed by atoms with Gasteiger partial charge in [0.05, 0.1) is 19.0 Å². The molecule has 0 aromatic carbocycles. The van der Waals surface area contributed by atoms with Crippen molar-refractivity contribution in [2.24, 2.45) is 11.7 Å². The molecule has 0 aromatic rings. The van der Waals surface area contributed by atoms with Crippen molar-refractivity contribution < 1.29 is 22.8 Å². The normalized spacial score (nSPS) is 20.8. The quantitative estimate of drug-likeness (QED) is 0.625. The summed E-state index contributed by atoms with van der Waals surface area (Å²) >= 11 is 0. The van der Waals surface area contributed by atoms with E-state index in [1.54, 1.807) is 0 Å². The van der Waals surface area contributed by atoms with Crippen molar-refractivity contribution >= 4 is 11.8 Å². The van der Waals surface area contributed by atoms with Gasteiger partial charge in [0.2, 0.25) is 11.8 Å². The predicted molar refractivity (Wildman–Crippen MR) is 48.2 cm³/mol. The van der Waals surface area contributed by atoms with Gasteiger partial charge in [-0.05, 0) is 0 Å². The molecule has 3 N–H and O–H groups in total. The first-order valence-corrected chi connectivity index (χ1v) is 4.64. The highest BCUT2D eigenvalue weighted by Gasteiger charge is 2.40. The van der Waals surface area contributed by atoms with E-state index in [2.05, 4.69) is 0 Å². The predicted octanol–water partition coefficient (Wildman–Crippen LogP) is -0.918. The number of piperazine rings is 1. The Balaban J connectivity index is 2.58. The molecule has 5 nitrogen and oxygen atoms in total. The number of nitrogens with two attached hydrogens (primary N) is 1. The minimum Gasteiger partial charge on any atom is -0.330 e. The van der Waals surface area contributed by atoms with Gasteiger partial charge in [0.1, 0.15) is 0 Å². The number of hydrogen-bond donors (Lipinski definition) is 2. The number of amides is 2. The Morgan fingerprint density at radius 2 is 1.81 bits per heavy atom. The lowest BCUT2D eigenvalue weighted by Crippen LogP contribution is -2.54. The molecule has 1 aliphatic heterocycles. The van der Waals surface area contributed by atoms with E-state index in [1.807, 2.05) is 5.32 Å². The van der Waals surface area contributed by atoms with Gasteiger partial charge in [-0.2, -0.15) is 13.2 Å². The van der Waals surface area contributed by atoms with E-state index in [0.717, 1.165) is 4.90 Å². The van der Waals surface area contributed by atoms with Crippen LogP contribution in [-0.4, -0.2) is 49.1 Å². The average Bonchev–Trinajstić information content (AvgIpc) is 2.10. The first kappa shape index (κ1) is 12.9. The molecule has 1 fully saturated rings. The van der Waals surface area contributed by atoms with E-state index < -0.39 is 37.0 Å². The third-order valence-electron chi connectivity index (χ3n) is 2.24. The Kier molecular flexibility index (Phi) is 3.87. The van der Waals surface area contributed by atoms with Crippen molar-refractivity contribution in [3.63, 3.8) is 0 Å². The highest BCUT2D eigenvalue weighted by atomic mass is 19.4. The van der Waals surface area contributed by atoms with Crippen LogP contribution in [0.15, 0.2) is 0 Å². The fourth-order valence-corrected chi connectivity index (χ4v) is 1.45. The van der Waals surface area contributed by atoms with Gasteiger partial charge in [0.25, 0.3) is 0 Å². The summed E-state index contributed by atoms with van der Waals surface area (Å²) in [6, 6.07) is 0. The van der Waals surface area contributed by atoms with Gasteiger partial charge in [-0.3, -0.25) is 19.8 Å². The van der Waals surface area contributed by atoms with Crippen LogP contribution in [0.5, 0.6) is 0 Å². The summed E-state index contributed by atoms with van der Waals surface area (Å²) in [6.07, 6.45) is -4.41. The molecule has 16 heavy (non-hydrogen) atoms. The minimum atomic E-state index is -4.41. The van der Waals surface area contributed by atoms with Crippen molar-refractivity contribution in [2.75, 3.05) is 26.2 Å². The molecule has 0 aliphatic carbocycles. The lowest BCUT2D eigenvalue weighted by atomic mass is 10.1. The number of carbonyl (C=O) groups excluding carboxylic acids is 2. The molecule has 8 heteroatoms. The molecule has 0 bridgehead atoms. The summed E-state index contributed by atoms with van der Waals surface area (Å²) in [6.45, 7) is -1.41. The van der Waals surface area contributed by atoms with Gasteiger partial charge in [0.15, 0.2) is 0 Å². The number of rotatable bonds is 3. The van der Waals surface area contributed by atoms with Crippen LogP contribution in [-0.2, 0) is 9.59 Å². The van der Waals surface area contributed by atoms with Crippen molar-refractivity contribution in [2.45, 2.75) is 6.18 Å². The molecule has 0 spiro atoms. The number of imide groups is 1. The fraction of sp³-hybridized carbons (Fsp3) is 0.750. The molecular weight excluding hydrogens is 227 g/mol. The Labute approximate surface area is 89.8 Å². The van der Waals surface area contributed by atoms with E-state index >= 15 is 0 Å². The van der Waals surface area contributed by atoms with E-state index in [4.69, 9.17) is 5.73 Å². The highest BCUT2D eigenvalue weighted by Crippen LogP contribution is 2.26. The van der Waals surface area contributed by atoms with Crippen LogP contribution >= 0.6 is 0 Å². The highest BCUT2D eigenvalue weighted by molar-refractivity contribution is 5.99. The Morgan fingerprint density at radius 1 is 1.31 bits per heavy atom. The van der Waals surface area contributed by atoms with Gasteiger partial charge in [-0.25, -0.2) is 0 Å². The average molecular weight is 239 g/mol. The topological polar surface area (TPSA) is 75.4 Å². The molecule has 1 aliphatic rings. The second kappa shape index (κ2) is 4.79. The van der Waals surface area contributed by atoms with E-state index in [0.29, 0.717) is 0 Å². The van der Waals surface area contributed by atoms with Crippen LogP contribution in [0.2, 0.25) is 0 Å². The zero-order valence-corrected chi connectivity index (χ0v) is 8.38. The third kappa shape index (κ3) is 3.46. The molecule has 1 rings (SSSR count). The maximum Gasteiger partial charge on any atom is 0.394 e. The summed E-state index contributed by atoms with van der Waals surface area (Å²) in [5, 5.41) is 2.01. The largest absolute Gasteiger partial charge is 0.394 e. The molecule has 1 heterocycles. The molecule has 1 unspecified atom stereocenters. The zero-order chi connectivity index (χ0) is 12.3. The minimum absolute atomic E-state index is 0.210. The molecule has 1 saturated heterocycles. The van der Waals surface area contributed by atoms with Crippen molar-refractivity contribution in [1.29, 1.82) is 0 Å². The van der Waals surface area contributed by atoms with E-state index in [-0.39, 0.29) is 13.1 Å². The lowest BCUT2D eigenvalue weighted by Gasteiger charge is -2.29. The summed E-state index contributed by atoms with van der Waals surface area (Å²) in [7, 11) is 0. The van der Waals surface area contributed by atoms with Crippen LogP contribution in [0.3, 0.4) is 0 Å². The standard InChI is InChI=1S/C8H12F3N3O2/c9-8(10,11)5(1-12)2-14-3-6(15)13-7(16)4-14/h5H,1-4,12H2,(H,13,15,16). The van der Waals surface area contributed by atoms with Gasteiger partial charge >= 0.3 is 6.18 Å². The first-order valence-electron chi connectivity index (χ1n) is 4.64. The van der Waals surface area contributed by atoms with Crippen molar-refractivity contribution in [3.8, 4) is 0 Å². The Bertz CT molecular complexity index is 277. The van der Waals surface area contributed by atoms with Gasteiger partial charge in [-0.1, -0.05) is 0 Å². The number of hydrogen-bond acceptors (Lipinski definition) is 4. The Hall–Kier alpha value is -1.15. The number of halogens is 3. The number of nitrogens with one attached hydrogen (secondary N) is 1. The number of alkyl halides is 3. The molecule has 1 atom stereocenters. The summed E-state index contributed by atoms with van der Waals surface area (Å²) in [4.78, 5) is 23.0. The first-order chi connectivity index (χ1) is 7.32. The molecule has 0 saturated carbocycles. The second-order valence-electron chi connectivity index (χ2n) is 3.62. The van der Waals surface area contributed by atoms with Gasteiger partial charge < -0.3 is 5.73 Å². The van der Waals surface area contributed by atoms with Gasteiger partial charge in [0, 0.05) is 13.1 Å². The fourth-order valence-electron chi connectivity index (χ4n) is 1.45. The van der Waals surface area contributed by atoms with Crippen LogP contribution in [0.4, 0.5) is 13.2 Å². The van der Waals surface area contributed by atoms with Crippen LogP contribution in [0, 0.1) is 5.92 Å². The molecular formula is C8H12F3N3O2. The molecule has 0 aromatic heterocycles. The van der Waals surface area contributed by atoms with Gasteiger partial charge in [-0.15, -0.1) is 0 Å². The van der Waals surface area contributed by atoms with Crippen LogP contribution in [0.25, 0.3) is 0 Å².